The lowest BCUT2D eigenvalue weighted by Crippen LogP contribution is -2.06. The smallest absolute Gasteiger partial charge is 0.198 e. The van der Waals surface area contributed by atoms with Gasteiger partial charge in [-0.2, -0.15) is 31.6 Å². The van der Waals surface area contributed by atoms with Crippen molar-refractivity contribution in [3.63, 3.8) is 0 Å². The first-order valence-electron chi connectivity index (χ1n) is 11.9. The highest BCUT2D eigenvalue weighted by atomic mass is 19.2. The van der Waals surface area contributed by atoms with Gasteiger partial charge in [0.1, 0.15) is 53.1 Å². The van der Waals surface area contributed by atoms with Crippen molar-refractivity contribution in [1.82, 2.24) is 0 Å². The molecule has 0 unspecified atom stereocenters. The number of nitrogens with zero attached hydrogens (tertiary/aromatic N) is 6. The van der Waals surface area contributed by atoms with Crippen LogP contribution < -0.4 is 0 Å². The summed E-state index contributed by atoms with van der Waals surface area (Å²) in [6, 6.07) is 5.83. The first kappa shape index (κ1) is 33.9. The van der Waals surface area contributed by atoms with E-state index in [2.05, 4.69) is 0 Å². The average molecular weight is 672 g/mol. The van der Waals surface area contributed by atoms with Crippen molar-refractivity contribution < 1.29 is 52.7 Å². The Bertz CT molecular complexity index is 2150. The van der Waals surface area contributed by atoms with Gasteiger partial charge in [0.2, 0.25) is 0 Å². The van der Waals surface area contributed by atoms with Crippen LogP contribution in [0.5, 0.6) is 0 Å². The number of rotatable bonds is 3. The Morgan fingerprint density at radius 2 is 0.479 bits per heavy atom. The second-order valence-electron chi connectivity index (χ2n) is 8.94. The minimum atomic E-state index is -2.67. The van der Waals surface area contributed by atoms with Crippen LogP contribution in [-0.4, -0.2) is 0 Å². The van der Waals surface area contributed by atoms with Crippen LogP contribution in [-0.2, 0) is 0 Å². The summed E-state index contributed by atoms with van der Waals surface area (Å²) < 4.78 is 174. The fourth-order valence-corrected chi connectivity index (χ4v) is 4.56. The Morgan fingerprint density at radius 3 is 0.646 bits per heavy atom. The van der Waals surface area contributed by atoms with Crippen molar-refractivity contribution in [3.8, 4) is 36.4 Å². The topological polar surface area (TPSA) is 143 Å². The lowest BCUT2D eigenvalue weighted by molar-refractivity contribution is 0.406. The molecule has 1 saturated carbocycles. The highest BCUT2D eigenvalue weighted by Gasteiger charge is 2.46. The van der Waals surface area contributed by atoms with E-state index in [0.29, 0.717) is 0 Å². The zero-order valence-corrected chi connectivity index (χ0v) is 22.2. The minimum Gasteiger partial charge on any atom is -0.203 e. The van der Waals surface area contributed by atoms with Crippen LogP contribution in [0.25, 0.3) is 16.7 Å². The molecule has 0 aromatic heterocycles. The Hall–Kier alpha value is -7.02. The highest BCUT2D eigenvalue weighted by Crippen LogP contribution is 2.57. The van der Waals surface area contributed by atoms with E-state index in [0.717, 1.165) is 36.4 Å². The number of hydrogen-bond donors (Lipinski definition) is 0. The SMILES string of the molecule is N#CC(=C1C(=C(C#N)c2c(F)c(F)c(F)c(F)c2C#N)C1=C(C#N)c1c(F)c(F)c(F)c(F)c1C#N)c1c(F)c(F)c(F)c(F)c1C#N. The summed E-state index contributed by atoms with van der Waals surface area (Å²) in [5.41, 5.74) is -19.6. The third kappa shape index (κ3) is 4.57. The molecule has 0 N–H and O–H groups in total. The standard InChI is InChI=1S/C30F12N6/c31-19-10(4-46)13(22(34)28(40)25(19)37)7(1-43)16-17(8(2-44)14-11(5-47)20(32)26(38)29(41)23(14)35)18(16)9(3-45)15-12(6-48)21(33)27(39)30(42)24(15)36. The van der Waals surface area contributed by atoms with Crippen LogP contribution in [0.15, 0.2) is 16.7 Å². The van der Waals surface area contributed by atoms with Gasteiger partial charge in [0.05, 0.1) is 33.4 Å². The first-order valence-corrected chi connectivity index (χ1v) is 11.9. The number of allylic oxidation sites excluding steroid dienone is 6. The first-order chi connectivity index (χ1) is 22.6. The molecule has 1 fully saturated rings. The van der Waals surface area contributed by atoms with Crippen molar-refractivity contribution in [1.29, 1.82) is 31.6 Å². The van der Waals surface area contributed by atoms with Gasteiger partial charge in [-0.1, -0.05) is 0 Å². The molecule has 0 heterocycles. The third-order valence-corrected chi connectivity index (χ3v) is 6.66. The van der Waals surface area contributed by atoms with Gasteiger partial charge in [-0.05, 0) is 0 Å². The molecule has 0 bridgehead atoms. The summed E-state index contributed by atoms with van der Waals surface area (Å²) in [6.07, 6.45) is 0. The van der Waals surface area contributed by atoms with Crippen molar-refractivity contribution in [2.45, 2.75) is 0 Å². The van der Waals surface area contributed by atoms with E-state index in [1.807, 2.05) is 0 Å². The van der Waals surface area contributed by atoms with Crippen molar-refractivity contribution in [3.05, 3.63) is 120 Å². The molecule has 0 aliphatic heterocycles. The molecule has 6 nitrogen and oxygen atoms in total. The lowest BCUT2D eigenvalue weighted by Gasteiger charge is -2.08. The van der Waals surface area contributed by atoms with Crippen LogP contribution in [0.3, 0.4) is 0 Å². The Morgan fingerprint density at radius 1 is 0.292 bits per heavy atom. The van der Waals surface area contributed by atoms with Crippen LogP contribution in [0.1, 0.15) is 33.4 Å². The van der Waals surface area contributed by atoms with Crippen molar-refractivity contribution in [2.75, 3.05) is 0 Å². The number of benzene rings is 3. The fraction of sp³-hybridized carbons (Fsp3) is 0. The number of halogens is 12. The maximum absolute atomic E-state index is 15.1. The average Bonchev–Trinajstić information content (AvgIpc) is 3.80. The Kier molecular flexibility index (Phi) is 8.51. The molecule has 4 rings (SSSR count). The van der Waals surface area contributed by atoms with E-state index in [1.165, 1.54) is 0 Å². The zero-order chi connectivity index (χ0) is 36.1. The Labute approximate surface area is 257 Å². The normalized spacial score (nSPS) is 11.5. The van der Waals surface area contributed by atoms with Gasteiger partial charge in [-0.15, -0.1) is 0 Å². The molecule has 234 valence electrons. The summed E-state index contributed by atoms with van der Waals surface area (Å²) in [5, 5.41) is 57.8. The molecule has 1 aliphatic rings. The van der Waals surface area contributed by atoms with Crippen LogP contribution >= 0.6 is 0 Å². The maximum atomic E-state index is 15.1. The van der Waals surface area contributed by atoms with Crippen molar-refractivity contribution in [2.24, 2.45) is 0 Å². The van der Waals surface area contributed by atoms with Gasteiger partial charge in [0.15, 0.2) is 69.8 Å². The predicted molar refractivity (Wildman–Crippen MR) is 131 cm³/mol. The van der Waals surface area contributed by atoms with Gasteiger partial charge in [-0.3, -0.25) is 0 Å². The summed E-state index contributed by atoms with van der Waals surface area (Å²) in [5.74, 6) is -30.6. The molecule has 18 heteroatoms. The molecule has 3 aromatic rings. The molecule has 0 amide bonds. The summed E-state index contributed by atoms with van der Waals surface area (Å²) in [6.45, 7) is 0. The molecule has 0 spiro atoms. The van der Waals surface area contributed by atoms with Gasteiger partial charge in [0.25, 0.3) is 0 Å². The largest absolute Gasteiger partial charge is 0.203 e. The molecule has 0 saturated heterocycles. The maximum Gasteiger partial charge on any atom is 0.198 e. The lowest BCUT2D eigenvalue weighted by atomic mass is 9.96. The van der Waals surface area contributed by atoms with Crippen LogP contribution in [0.2, 0.25) is 0 Å². The van der Waals surface area contributed by atoms with E-state index < -0.39 is 137 Å². The predicted octanol–water partition coefficient (Wildman–Crippen LogP) is 7.22. The second kappa shape index (κ2) is 12.1. The van der Waals surface area contributed by atoms with Gasteiger partial charge < -0.3 is 0 Å². The van der Waals surface area contributed by atoms with E-state index in [9.17, 15) is 71.1 Å². The second-order valence-corrected chi connectivity index (χ2v) is 8.94. The van der Waals surface area contributed by atoms with E-state index in [4.69, 9.17) is 0 Å². The van der Waals surface area contributed by atoms with E-state index in [-0.39, 0.29) is 0 Å². The zero-order valence-electron chi connectivity index (χ0n) is 22.2. The molecule has 0 radical (unpaired) electrons. The molecule has 3 aromatic carbocycles. The van der Waals surface area contributed by atoms with Gasteiger partial charge in [0, 0.05) is 16.7 Å². The highest BCUT2D eigenvalue weighted by molar-refractivity contribution is 6.13. The van der Waals surface area contributed by atoms with Crippen molar-refractivity contribution >= 4 is 16.7 Å². The Balaban J connectivity index is 2.43. The molecule has 48 heavy (non-hydrogen) atoms. The monoisotopic (exact) mass is 672 g/mol. The summed E-state index contributed by atoms with van der Waals surface area (Å²) in [7, 11) is 0. The molecule has 0 atom stereocenters. The fourth-order valence-electron chi connectivity index (χ4n) is 4.56. The van der Waals surface area contributed by atoms with Gasteiger partial charge >= 0.3 is 0 Å². The molecule has 1 aliphatic carbocycles. The summed E-state index contributed by atoms with van der Waals surface area (Å²) >= 11 is 0. The minimum absolute atomic E-state index is 0.890. The third-order valence-electron chi connectivity index (χ3n) is 6.66. The van der Waals surface area contributed by atoms with E-state index >= 15 is 13.2 Å². The molecular weight excluding hydrogens is 672 g/mol. The number of nitriles is 6. The summed E-state index contributed by atoms with van der Waals surface area (Å²) in [4.78, 5) is 0. The number of hydrogen-bond acceptors (Lipinski definition) is 6. The van der Waals surface area contributed by atoms with E-state index in [1.54, 1.807) is 0 Å². The quantitative estimate of drug-likeness (QED) is 0.125. The van der Waals surface area contributed by atoms with Gasteiger partial charge in [-0.25, -0.2) is 52.7 Å². The van der Waals surface area contributed by atoms with Crippen LogP contribution in [0, 0.1) is 138 Å². The molecular formula is C30F12N6. The van der Waals surface area contributed by atoms with Crippen LogP contribution in [0.4, 0.5) is 52.7 Å².